The van der Waals surface area contributed by atoms with E-state index in [0.717, 1.165) is 33.7 Å². The Balaban J connectivity index is 2.27. The van der Waals surface area contributed by atoms with Crippen LogP contribution in [0.2, 0.25) is 0 Å². The molecule has 0 bridgehead atoms. The van der Waals surface area contributed by atoms with Crippen LogP contribution < -0.4 is 0 Å². The third-order valence-corrected chi connectivity index (χ3v) is 4.13. The molecule has 0 radical (unpaired) electrons. The van der Waals surface area contributed by atoms with Crippen LogP contribution in [0.1, 0.15) is 35.7 Å². The molecule has 98 valence electrons. The molecule has 2 aromatic rings. The van der Waals surface area contributed by atoms with Gasteiger partial charge in [-0.3, -0.25) is 4.68 Å². The van der Waals surface area contributed by atoms with Crippen molar-refractivity contribution >= 4 is 15.9 Å². The van der Waals surface area contributed by atoms with Crippen molar-refractivity contribution in [2.75, 3.05) is 0 Å². The Hall–Kier alpha value is -1.07. The number of nitrogens with zero attached hydrogens (tertiary/aromatic N) is 2. The first-order valence-electron chi connectivity index (χ1n) is 5.98. The summed E-state index contributed by atoms with van der Waals surface area (Å²) in [5, 5.41) is 14.7. The summed E-state index contributed by atoms with van der Waals surface area (Å²) >= 11 is 3.53. The number of aryl methyl sites for hydroxylation is 3. The number of rotatable bonds is 4. The summed E-state index contributed by atoms with van der Waals surface area (Å²) in [7, 11) is 0. The number of hydrogen-bond donors (Lipinski definition) is 1. The normalized spacial score (nSPS) is 12.9. The Morgan fingerprint density at radius 1 is 1.50 bits per heavy atom. The van der Waals surface area contributed by atoms with Gasteiger partial charge in [-0.25, -0.2) is 0 Å². The number of aliphatic hydroxyl groups excluding tert-OH is 1. The fourth-order valence-electron chi connectivity index (χ4n) is 2.10. The van der Waals surface area contributed by atoms with Crippen LogP contribution in [0.3, 0.4) is 0 Å². The summed E-state index contributed by atoms with van der Waals surface area (Å²) in [4.78, 5) is 0. The van der Waals surface area contributed by atoms with Crippen molar-refractivity contribution < 1.29 is 9.52 Å². The molecule has 0 amide bonds. The molecule has 0 spiro atoms. The Morgan fingerprint density at radius 3 is 2.78 bits per heavy atom. The van der Waals surface area contributed by atoms with Gasteiger partial charge in [0, 0.05) is 18.5 Å². The zero-order chi connectivity index (χ0) is 13.3. The Bertz CT molecular complexity index is 545. The SMILES string of the molecule is CCn1nc(C)c(Br)c1CC(O)c1ccoc1C. The minimum atomic E-state index is -0.568. The molecule has 2 rings (SSSR count). The highest BCUT2D eigenvalue weighted by Crippen LogP contribution is 2.28. The van der Waals surface area contributed by atoms with Crippen molar-refractivity contribution in [2.24, 2.45) is 0 Å². The molecule has 18 heavy (non-hydrogen) atoms. The van der Waals surface area contributed by atoms with E-state index in [0.29, 0.717) is 6.42 Å². The summed E-state index contributed by atoms with van der Waals surface area (Å²) in [6.45, 7) is 6.64. The van der Waals surface area contributed by atoms with E-state index in [2.05, 4.69) is 21.0 Å². The summed E-state index contributed by atoms with van der Waals surface area (Å²) in [5.74, 6) is 0.762. The maximum atomic E-state index is 10.3. The molecule has 1 atom stereocenters. The summed E-state index contributed by atoms with van der Waals surface area (Å²) < 4.78 is 8.11. The smallest absolute Gasteiger partial charge is 0.106 e. The van der Waals surface area contributed by atoms with Crippen molar-refractivity contribution in [2.45, 2.75) is 39.8 Å². The zero-order valence-electron chi connectivity index (χ0n) is 10.8. The molecule has 0 fully saturated rings. The van der Waals surface area contributed by atoms with Crippen LogP contribution in [0, 0.1) is 13.8 Å². The highest BCUT2D eigenvalue weighted by molar-refractivity contribution is 9.10. The van der Waals surface area contributed by atoms with Crippen LogP contribution in [-0.2, 0) is 13.0 Å². The van der Waals surface area contributed by atoms with E-state index in [9.17, 15) is 5.11 Å². The van der Waals surface area contributed by atoms with Gasteiger partial charge < -0.3 is 9.52 Å². The van der Waals surface area contributed by atoms with Crippen molar-refractivity contribution in [1.29, 1.82) is 0 Å². The van der Waals surface area contributed by atoms with E-state index < -0.39 is 6.10 Å². The average molecular weight is 313 g/mol. The van der Waals surface area contributed by atoms with Gasteiger partial charge in [-0.15, -0.1) is 0 Å². The Morgan fingerprint density at radius 2 is 2.22 bits per heavy atom. The molecule has 0 aliphatic rings. The van der Waals surface area contributed by atoms with Gasteiger partial charge in [0.2, 0.25) is 0 Å². The summed E-state index contributed by atoms with van der Waals surface area (Å²) in [6, 6.07) is 1.81. The predicted molar refractivity (Wildman–Crippen MR) is 72.4 cm³/mol. The van der Waals surface area contributed by atoms with Crippen LogP contribution in [0.15, 0.2) is 21.2 Å². The summed E-state index contributed by atoms with van der Waals surface area (Å²) in [6.07, 6.45) is 1.56. The van der Waals surface area contributed by atoms with Gasteiger partial charge in [0.1, 0.15) is 5.76 Å². The highest BCUT2D eigenvalue weighted by atomic mass is 79.9. The van der Waals surface area contributed by atoms with Crippen LogP contribution in [0.5, 0.6) is 0 Å². The zero-order valence-corrected chi connectivity index (χ0v) is 12.4. The lowest BCUT2D eigenvalue weighted by Gasteiger charge is -2.11. The molecule has 1 unspecified atom stereocenters. The average Bonchev–Trinajstić information content (AvgIpc) is 2.87. The second kappa shape index (κ2) is 5.28. The molecular weight excluding hydrogens is 296 g/mol. The third-order valence-electron chi connectivity index (χ3n) is 3.10. The van der Waals surface area contributed by atoms with E-state index >= 15 is 0 Å². The lowest BCUT2D eigenvalue weighted by molar-refractivity contribution is 0.173. The first-order valence-corrected chi connectivity index (χ1v) is 6.77. The predicted octanol–water partition coefficient (Wildman–Crippen LogP) is 3.15. The molecule has 1 N–H and O–H groups in total. The van der Waals surface area contributed by atoms with Crippen molar-refractivity contribution in [3.05, 3.63) is 39.5 Å². The van der Waals surface area contributed by atoms with Gasteiger partial charge in [-0.1, -0.05) is 0 Å². The van der Waals surface area contributed by atoms with E-state index in [4.69, 9.17) is 4.42 Å². The molecule has 0 aliphatic heterocycles. The van der Waals surface area contributed by atoms with Crippen molar-refractivity contribution in [3.8, 4) is 0 Å². The van der Waals surface area contributed by atoms with Gasteiger partial charge in [0.05, 0.1) is 28.2 Å². The Kier molecular flexibility index (Phi) is 3.92. The fraction of sp³-hybridized carbons (Fsp3) is 0.462. The van der Waals surface area contributed by atoms with Gasteiger partial charge in [-0.05, 0) is 42.8 Å². The van der Waals surface area contributed by atoms with Crippen molar-refractivity contribution in [1.82, 2.24) is 9.78 Å². The van der Waals surface area contributed by atoms with Crippen LogP contribution in [0.25, 0.3) is 0 Å². The lowest BCUT2D eigenvalue weighted by atomic mass is 10.1. The monoisotopic (exact) mass is 312 g/mol. The quantitative estimate of drug-likeness (QED) is 0.943. The van der Waals surface area contributed by atoms with E-state index in [1.54, 1.807) is 6.26 Å². The van der Waals surface area contributed by atoms with Gasteiger partial charge in [0.15, 0.2) is 0 Å². The second-order valence-corrected chi connectivity index (χ2v) is 5.11. The Labute approximate surface area is 115 Å². The maximum Gasteiger partial charge on any atom is 0.106 e. The molecule has 0 saturated heterocycles. The number of aromatic nitrogens is 2. The minimum Gasteiger partial charge on any atom is -0.469 e. The molecule has 0 aliphatic carbocycles. The van der Waals surface area contributed by atoms with Crippen LogP contribution in [0.4, 0.5) is 0 Å². The van der Waals surface area contributed by atoms with Gasteiger partial charge >= 0.3 is 0 Å². The molecule has 2 heterocycles. The maximum absolute atomic E-state index is 10.3. The fourth-order valence-corrected chi connectivity index (χ4v) is 2.54. The standard InChI is InChI=1S/C13H17BrN2O2/c1-4-16-11(13(14)8(2)15-16)7-12(17)10-5-6-18-9(10)3/h5-6,12,17H,4,7H2,1-3H3. The summed E-state index contributed by atoms with van der Waals surface area (Å²) in [5.41, 5.74) is 2.80. The van der Waals surface area contributed by atoms with E-state index in [-0.39, 0.29) is 0 Å². The third kappa shape index (κ3) is 2.37. The molecular formula is C13H17BrN2O2. The molecule has 2 aromatic heterocycles. The number of furan rings is 1. The number of aliphatic hydroxyl groups is 1. The van der Waals surface area contributed by atoms with Crippen molar-refractivity contribution in [3.63, 3.8) is 0 Å². The number of hydrogen-bond acceptors (Lipinski definition) is 3. The number of halogens is 1. The van der Waals surface area contributed by atoms with E-state index in [1.165, 1.54) is 0 Å². The molecule has 0 saturated carbocycles. The van der Waals surface area contributed by atoms with Crippen LogP contribution in [-0.4, -0.2) is 14.9 Å². The topological polar surface area (TPSA) is 51.2 Å². The molecule has 4 nitrogen and oxygen atoms in total. The lowest BCUT2D eigenvalue weighted by Crippen LogP contribution is -2.09. The van der Waals surface area contributed by atoms with Gasteiger partial charge in [0.25, 0.3) is 0 Å². The molecule has 0 aromatic carbocycles. The van der Waals surface area contributed by atoms with Gasteiger partial charge in [-0.2, -0.15) is 5.10 Å². The first-order chi connectivity index (χ1) is 8.54. The second-order valence-electron chi connectivity index (χ2n) is 4.31. The van der Waals surface area contributed by atoms with Crippen LogP contribution >= 0.6 is 15.9 Å². The minimum absolute atomic E-state index is 0.523. The van der Waals surface area contributed by atoms with E-state index in [1.807, 2.05) is 31.5 Å². The molecule has 5 heteroatoms. The highest BCUT2D eigenvalue weighted by Gasteiger charge is 2.19. The first kappa shape index (κ1) is 13.4. The largest absolute Gasteiger partial charge is 0.469 e.